The van der Waals surface area contributed by atoms with Crippen LogP contribution in [0.25, 0.3) is 0 Å². The molecular formula is C41H33Cl2N3O10. The van der Waals surface area contributed by atoms with E-state index < -0.39 is 75.9 Å². The number of aromatic hydroxyl groups is 2. The Kier molecular flexibility index (Phi) is 8.97. The van der Waals surface area contributed by atoms with Gasteiger partial charge in [-0.15, -0.1) is 0 Å². The highest BCUT2D eigenvalue weighted by molar-refractivity contribution is 6.36. The smallest absolute Gasteiger partial charge is 0.339 e. The molecule has 15 heteroatoms. The van der Waals surface area contributed by atoms with E-state index >= 15 is 4.79 Å². The van der Waals surface area contributed by atoms with Crippen LogP contribution in [0.5, 0.6) is 23.0 Å². The summed E-state index contributed by atoms with van der Waals surface area (Å²) in [6.07, 6.45) is 1.85. The van der Waals surface area contributed by atoms with Crippen molar-refractivity contribution in [3.05, 3.63) is 117 Å². The standard InChI is InChI=1S/C41H33Cl2N3O10/c1-55-22-7-3-19(4-8-22)41-29(37(50)46(40(41)54)44-31-13-5-20(42)15-30(31)43)18-27-24(35(41)28-17-23(56-2)9-14-32(28)47)11-12-26-34(27)38(51)45(36(26)49)21-6-10-25(39(52)53)33(48)16-21/h3-11,13-17,26-27,29,34-35,44,47-48H,12,18H2,1-2H3,(H,52,53)/t26-,27+,29-,34-,35+,41+/m0/s1. The van der Waals surface area contributed by atoms with E-state index in [1.165, 1.54) is 38.5 Å². The van der Waals surface area contributed by atoms with Crippen LogP contribution in [0.2, 0.25) is 10.0 Å². The number of nitrogens with one attached hydrogen (secondary N) is 1. The Morgan fingerprint density at radius 2 is 1.54 bits per heavy atom. The summed E-state index contributed by atoms with van der Waals surface area (Å²) in [5.41, 5.74) is 2.28. The van der Waals surface area contributed by atoms with Crippen LogP contribution in [0.3, 0.4) is 0 Å². The number of imide groups is 2. The highest BCUT2D eigenvalue weighted by Gasteiger charge is 2.70. The molecule has 2 saturated heterocycles. The molecule has 2 aliphatic carbocycles. The van der Waals surface area contributed by atoms with Crippen LogP contribution in [-0.2, 0) is 24.6 Å². The molecule has 4 amide bonds. The fourth-order valence-corrected chi connectivity index (χ4v) is 9.62. The van der Waals surface area contributed by atoms with Gasteiger partial charge in [0.2, 0.25) is 11.8 Å². The molecule has 6 atom stereocenters. The number of fused-ring (bicyclic) bond motifs is 4. The summed E-state index contributed by atoms with van der Waals surface area (Å²) in [6, 6.07) is 19.3. The van der Waals surface area contributed by atoms with Gasteiger partial charge in [0.05, 0.1) is 53.8 Å². The van der Waals surface area contributed by atoms with Crippen LogP contribution in [-0.4, -0.2) is 64.1 Å². The summed E-state index contributed by atoms with van der Waals surface area (Å²) in [5.74, 6) is -8.70. The fraction of sp³-hybridized carbons (Fsp3) is 0.244. The summed E-state index contributed by atoms with van der Waals surface area (Å²) >= 11 is 12.7. The van der Waals surface area contributed by atoms with E-state index in [2.05, 4.69) is 5.43 Å². The zero-order valence-corrected chi connectivity index (χ0v) is 31.2. The Balaban J connectivity index is 1.33. The van der Waals surface area contributed by atoms with Gasteiger partial charge in [0.25, 0.3) is 11.8 Å². The number of phenols is 2. The van der Waals surface area contributed by atoms with Crippen molar-refractivity contribution in [3.8, 4) is 23.0 Å². The van der Waals surface area contributed by atoms with Crippen molar-refractivity contribution in [1.82, 2.24) is 5.01 Å². The fourth-order valence-electron chi connectivity index (χ4n) is 9.17. The summed E-state index contributed by atoms with van der Waals surface area (Å²) in [5, 5.41) is 33.0. The SMILES string of the molecule is COc1ccc([C@@]23C(=O)N(Nc4ccc(Cl)cc4Cl)C(=O)[C@@H]2C[C@@H]2C(=CC[C@@H]4C(=O)N(c5ccc(C(=O)O)c(O)c5)C(=O)[C@@H]42)[C@@H]3c2cc(OC)ccc2O)cc1. The highest BCUT2D eigenvalue weighted by Crippen LogP contribution is 2.65. The molecule has 0 radical (unpaired) electrons. The van der Waals surface area contributed by atoms with Gasteiger partial charge in [0.15, 0.2) is 0 Å². The average Bonchev–Trinajstić information content (AvgIpc) is 3.56. The molecule has 286 valence electrons. The minimum atomic E-state index is -1.72. The number of ether oxygens (including phenoxy) is 2. The van der Waals surface area contributed by atoms with E-state index in [1.807, 2.05) is 6.08 Å². The molecular weight excluding hydrogens is 765 g/mol. The number of hydrogen-bond acceptors (Lipinski definition) is 10. The van der Waals surface area contributed by atoms with Gasteiger partial charge in [-0.25, -0.2) is 9.69 Å². The van der Waals surface area contributed by atoms with E-state index in [4.69, 9.17) is 32.7 Å². The lowest BCUT2D eigenvalue weighted by atomic mass is 9.49. The third kappa shape index (κ3) is 5.40. The molecule has 4 aromatic carbocycles. The maximum Gasteiger partial charge on any atom is 0.339 e. The van der Waals surface area contributed by atoms with E-state index in [9.17, 15) is 34.5 Å². The molecule has 8 rings (SSSR count). The van der Waals surface area contributed by atoms with Gasteiger partial charge in [-0.3, -0.25) is 24.6 Å². The zero-order valence-electron chi connectivity index (χ0n) is 29.7. The van der Waals surface area contributed by atoms with E-state index in [-0.39, 0.29) is 40.6 Å². The summed E-state index contributed by atoms with van der Waals surface area (Å²) in [4.78, 5) is 71.6. The van der Waals surface area contributed by atoms with Crippen molar-refractivity contribution in [3.63, 3.8) is 0 Å². The number of rotatable bonds is 8. The Labute approximate surface area is 329 Å². The third-order valence-corrected chi connectivity index (χ3v) is 12.1. The molecule has 4 aliphatic rings. The predicted molar refractivity (Wildman–Crippen MR) is 203 cm³/mol. The van der Waals surface area contributed by atoms with E-state index in [0.717, 1.165) is 22.0 Å². The predicted octanol–water partition coefficient (Wildman–Crippen LogP) is 6.31. The monoisotopic (exact) mass is 797 g/mol. The number of anilines is 2. The first kappa shape index (κ1) is 36.9. The number of amides is 4. The Bertz CT molecular complexity index is 2400. The molecule has 0 bridgehead atoms. The van der Waals surface area contributed by atoms with Crippen LogP contribution in [0, 0.1) is 23.7 Å². The number of benzene rings is 4. The second kappa shape index (κ2) is 13.6. The Morgan fingerprint density at radius 1 is 0.821 bits per heavy atom. The number of nitrogens with zero attached hydrogens (tertiary/aromatic N) is 2. The number of carbonyl (C=O) groups is 5. The zero-order chi connectivity index (χ0) is 39.8. The third-order valence-electron chi connectivity index (χ3n) is 11.6. The molecule has 0 spiro atoms. The maximum atomic E-state index is 15.4. The lowest BCUT2D eigenvalue weighted by Crippen LogP contribution is -2.53. The number of halogens is 2. The molecule has 56 heavy (non-hydrogen) atoms. The van der Waals surface area contributed by atoms with Gasteiger partial charge in [-0.1, -0.05) is 47.0 Å². The molecule has 0 aromatic heterocycles. The number of hydrogen-bond donors (Lipinski definition) is 4. The molecule has 2 aliphatic heterocycles. The number of carboxylic acids is 1. The molecule has 4 aromatic rings. The van der Waals surface area contributed by atoms with Crippen molar-refractivity contribution in [2.45, 2.75) is 24.2 Å². The van der Waals surface area contributed by atoms with Gasteiger partial charge < -0.3 is 24.8 Å². The van der Waals surface area contributed by atoms with Crippen molar-refractivity contribution in [1.29, 1.82) is 0 Å². The normalized spacial score (nSPS) is 25.4. The summed E-state index contributed by atoms with van der Waals surface area (Å²) < 4.78 is 11.0. The number of carboxylic acid groups (broad SMARTS) is 1. The molecule has 13 nitrogen and oxygen atoms in total. The lowest BCUT2D eigenvalue weighted by molar-refractivity contribution is -0.138. The number of carbonyl (C=O) groups excluding carboxylic acids is 4. The first-order valence-electron chi connectivity index (χ1n) is 17.6. The largest absolute Gasteiger partial charge is 0.508 e. The van der Waals surface area contributed by atoms with Crippen molar-refractivity contribution in [2.24, 2.45) is 23.7 Å². The van der Waals surface area contributed by atoms with Crippen LogP contribution in [0.1, 0.15) is 40.2 Å². The number of hydrazine groups is 1. The van der Waals surface area contributed by atoms with Crippen LogP contribution < -0.4 is 19.8 Å². The first-order chi connectivity index (χ1) is 26.8. The first-order valence-corrected chi connectivity index (χ1v) is 18.3. The van der Waals surface area contributed by atoms with Crippen molar-refractivity contribution >= 4 is 64.2 Å². The minimum absolute atomic E-state index is 0.00818. The second-order valence-electron chi connectivity index (χ2n) is 14.2. The molecule has 1 saturated carbocycles. The minimum Gasteiger partial charge on any atom is -0.508 e. The van der Waals surface area contributed by atoms with Crippen LogP contribution in [0.15, 0.2) is 90.5 Å². The van der Waals surface area contributed by atoms with Gasteiger partial charge in [-0.05, 0) is 85.0 Å². The molecule has 3 fully saturated rings. The average molecular weight is 799 g/mol. The van der Waals surface area contributed by atoms with E-state index in [0.29, 0.717) is 27.7 Å². The van der Waals surface area contributed by atoms with Crippen molar-refractivity contribution in [2.75, 3.05) is 24.5 Å². The van der Waals surface area contributed by atoms with Gasteiger partial charge in [-0.2, -0.15) is 5.01 Å². The molecule has 2 heterocycles. The number of phenolic OH excluding ortho intramolecular Hbond substituents is 1. The second-order valence-corrected chi connectivity index (χ2v) is 15.0. The summed E-state index contributed by atoms with van der Waals surface area (Å²) in [6.45, 7) is 0. The van der Waals surface area contributed by atoms with E-state index in [1.54, 1.807) is 42.5 Å². The quantitative estimate of drug-likeness (QED) is 0.116. The van der Waals surface area contributed by atoms with Crippen LogP contribution >= 0.6 is 23.2 Å². The van der Waals surface area contributed by atoms with Gasteiger partial charge in [0.1, 0.15) is 28.6 Å². The lowest BCUT2D eigenvalue weighted by Gasteiger charge is -2.50. The molecule has 0 unspecified atom stereocenters. The van der Waals surface area contributed by atoms with Gasteiger partial charge >= 0.3 is 5.97 Å². The number of allylic oxidation sites excluding steroid dienone is 2. The summed E-state index contributed by atoms with van der Waals surface area (Å²) in [7, 11) is 2.95. The van der Waals surface area contributed by atoms with Crippen molar-refractivity contribution < 1.29 is 48.8 Å². The number of aromatic carboxylic acids is 1. The Hall–Kier alpha value is -6.05. The van der Waals surface area contributed by atoms with Gasteiger partial charge in [0, 0.05) is 22.6 Å². The Morgan fingerprint density at radius 3 is 2.20 bits per heavy atom. The topological polar surface area (TPSA) is 183 Å². The number of methoxy groups -OCH3 is 2. The van der Waals surface area contributed by atoms with Crippen LogP contribution in [0.4, 0.5) is 11.4 Å². The highest BCUT2D eigenvalue weighted by atomic mass is 35.5. The maximum absolute atomic E-state index is 15.4. The molecule has 4 N–H and O–H groups in total.